The Morgan fingerprint density at radius 2 is 1.46 bits per heavy atom. The molecule has 1 nitrogen and oxygen atoms in total. The van der Waals surface area contributed by atoms with E-state index in [1.54, 1.807) is 5.56 Å². The summed E-state index contributed by atoms with van der Waals surface area (Å²) in [6.45, 7) is 9.98. The van der Waals surface area contributed by atoms with Crippen molar-refractivity contribution in [3.05, 3.63) is 59.7 Å². The number of para-hydroxylation sites is 1. The highest BCUT2D eigenvalue weighted by molar-refractivity contribution is 7.99. The fourth-order valence-electron chi connectivity index (χ4n) is 3.48. The van der Waals surface area contributed by atoms with Crippen molar-refractivity contribution in [3.8, 4) is 5.75 Å². The van der Waals surface area contributed by atoms with Gasteiger partial charge in [0.05, 0.1) is 6.61 Å². The molecular weight excluding hydrogens is 312 g/mol. The molecule has 2 heterocycles. The summed E-state index contributed by atoms with van der Waals surface area (Å²) in [4.78, 5) is 1.50. The Bertz CT molecular complexity index is 618. The van der Waals surface area contributed by atoms with Crippen LogP contribution in [-0.2, 0) is 0 Å². The first-order valence-electron chi connectivity index (χ1n) is 9.01. The van der Waals surface area contributed by atoms with Crippen LogP contribution in [-0.4, -0.2) is 12.4 Å². The molecule has 0 bridgehead atoms. The molecule has 0 amide bonds. The first kappa shape index (κ1) is 17.4. The van der Waals surface area contributed by atoms with Gasteiger partial charge in [-0.05, 0) is 35.4 Å². The van der Waals surface area contributed by atoms with Gasteiger partial charge < -0.3 is 4.74 Å². The van der Waals surface area contributed by atoms with Crippen molar-refractivity contribution < 1.29 is 4.74 Å². The summed E-state index contributed by atoms with van der Waals surface area (Å²) in [5, 5.41) is 0. The third-order valence-electron chi connectivity index (χ3n) is 5.08. The van der Waals surface area contributed by atoms with E-state index in [2.05, 4.69) is 70.2 Å². The van der Waals surface area contributed by atoms with Gasteiger partial charge in [0.15, 0.2) is 0 Å². The second-order valence-corrected chi connectivity index (χ2v) is 8.46. The lowest BCUT2D eigenvalue weighted by molar-refractivity contribution is 0.304. The molecule has 0 fully saturated rings. The van der Waals surface area contributed by atoms with Crippen molar-refractivity contribution in [1.29, 1.82) is 0 Å². The molecule has 0 radical (unpaired) electrons. The number of rotatable bonds is 2. The maximum atomic E-state index is 5.57. The van der Waals surface area contributed by atoms with E-state index in [0.717, 1.165) is 24.2 Å². The van der Waals surface area contributed by atoms with Crippen molar-refractivity contribution in [2.45, 2.75) is 44.4 Å². The summed E-state index contributed by atoms with van der Waals surface area (Å²) in [7, 11) is 0. The molecule has 0 saturated heterocycles. The molecule has 2 aliphatic rings. The lowest BCUT2D eigenvalue weighted by atomic mass is 9.90. The standard InChI is InChI=1S/C11H14O.C11H14S/c2*1-8(2)10-7-12-11-6-4-3-5-9(10)11/h2*3-6,8,10H,7H2,1-2H3. The van der Waals surface area contributed by atoms with Crippen LogP contribution >= 0.6 is 11.8 Å². The van der Waals surface area contributed by atoms with Crippen LogP contribution in [0.3, 0.4) is 0 Å². The molecule has 0 spiro atoms. The largest absolute Gasteiger partial charge is 0.493 e. The van der Waals surface area contributed by atoms with Gasteiger partial charge in [-0.2, -0.15) is 0 Å². The van der Waals surface area contributed by atoms with Crippen molar-refractivity contribution in [1.82, 2.24) is 0 Å². The highest BCUT2D eigenvalue weighted by Gasteiger charge is 2.26. The summed E-state index contributed by atoms with van der Waals surface area (Å²) in [6.07, 6.45) is 0. The van der Waals surface area contributed by atoms with E-state index < -0.39 is 0 Å². The zero-order valence-corrected chi connectivity index (χ0v) is 16.0. The lowest BCUT2D eigenvalue weighted by Gasteiger charge is -2.13. The normalized spacial score (nSPS) is 21.1. The van der Waals surface area contributed by atoms with Gasteiger partial charge in [-0.3, -0.25) is 0 Å². The Labute approximate surface area is 150 Å². The van der Waals surface area contributed by atoms with E-state index in [1.807, 2.05) is 17.8 Å². The Morgan fingerprint density at radius 1 is 0.833 bits per heavy atom. The van der Waals surface area contributed by atoms with Crippen LogP contribution in [0.25, 0.3) is 0 Å². The topological polar surface area (TPSA) is 9.23 Å². The molecule has 24 heavy (non-hydrogen) atoms. The highest BCUT2D eigenvalue weighted by Crippen LogP contribution is 2.42. The van der Waals surface area contributed by atoms with Crippen LogP contribution in [0.15, 0.2) is 53.4 Å². The fraction of sp³-hybridized carbons (Fsp3) is 0.455. The third-order valence-corrected chi connectivity index (χ3v) is 6.29. The molecule has 2 unspecified atom stereocenters. The van der Waals surface area contributed by atoms with Gasteiger partial charge in [-0.15, -0.1) is 11.8 Å². The molecule has 2 atom stereocenters. The maximum absolute atomic E-state index is 5.57. The zero-order valence-electron chi connectivity index (χ0n) is 15.2. The van der Waals surface area contributed by atoms with Gasteiger partial charge >= 0.3 is 0 Å². The van der Waals surface area contributed by atoms with Gasteiger partial charge in [0.25, 0.3) is 0 Å². The molecule has 4 rings (SSSR count). The van der Waals surface area contributed by atoms with E-state index in [0.29, 0.717) is 11.8 Å². The summed E-state index contributed by atoms with van der Waals surface area (Å²) in [5.74, 6) is 5.19. The molecular formula is C22H28OS. The Balaban J connectivity index is 0.000000141. The van der Waals surface area contributed by atoms with Crippen molar-refractivity contribution in [2.24, 2.45) is 11.8 Å². The quantitative estimate of drug-likeness (QED) is 0.630. The molecule has 2 aromatic carbocycles. The molecule has 0 aromatic heterocycles. The van der Waals surface area contributed by atoms with Gasteiger partial charge in [0, 0.05) is 22.1 Å². The van der Waals surface area contributed by atoms with E-state index in [9.17, 15) is 0 Å². The zero-order chi connectivity index (χ0) is 17.1. The maximum Gasteiger partial charge on any atom is 0.122 e. The number of hydrogen-bond acceptors (Lipinski definition) is 2. The fourth-order valence-corrected chi connectivity index (χ4v) is 4.96. The SMILES string of the molecule is CC(C)C1COc2ccccc21.CC(C)C1CSc2ccccc21. The van der Waals surface area contributed by atoms with Crippen LogP contribution in [0.2, 0.25) is 0 Å². The second-order valence-electron chi connectivity index (χ2n) is 7.40. The van der Waals surface area contributed by atoms with E-state index in [1.165, 1.54) is 16.2 Å². The number of fused-ring (bicyclic) bond motifs is 2. The third kappa shape index (κ3) is 3.64. The number of thioether (sulfide) groups is 1. The van der Waals surface area contributed by atoms with Gasteiger partial charge in [-0.1, -0.05) is 64.1 Å². The monoisotopic (exact) mass is 340 g/mol. The first-order valence-corrected chi connectivity index (χ1v) is 10.00. The summed E-state index contributed by atoms with van der Waals surface area (Å²) < 4.78 is 5.57. The van der Waals surface area contributed by atoms with Crippen LogP contribution in [0.4, 0.5) is 0 Å². The van der Waals surface area contributed by atoms with Crippen LogP contribution in [0, 0.1) is 11.8 Å². The summed E-state index contributed by atoms with van der Waals surface area (Å²) in [5.41, 5.74) is 2.95. The van der Waals surface area contributed by atoms with Gasteiger partial charge in [-0.25, -0.2) is 0 Å². The Kier molecular flexibility index (Phi) is 5.55. The van der Waals surface area contributed by atoms with Crippen molar-refractivity contribution >= 4 is 11.8 Å². The minimum Gasteiger partial charge on any atom is -0.493 e. The molecule has 0 N–H and O–H groups in total. The summed E-state index contributed by atoms with van der Waals surface area (Å²) >= 11 is 2.00. The number of ether oxygens (including phenoxy) is 1. The van der Waals surface area contributed by atoms with Crippen molar-refractivity contribution in [3.63, 3.8) is 0 Å². The predicted octanol–water partition coefficient (Wildman–Crippen LogP) is 6.35. The molecule has 0 aliphatic carbocycles. The van der Waals surface area contributed by atoms with Gasteiger partial charge in [0.1, 0.15) is 5.75 Å². The predicted molar refractivity (Wildman–Crippen MR) is 104 cm³/mol. The molecule has 2 aliphatic heterocycles. The average Bonchev–Trinajstić information content (AvgIpc) is 3.19. The minimum absolute atomic E-state index is 0.598. The Morgan fingerprint density at radius 3 is 2.17 bits per heavy atom. The molecule has 2 heteroatoms. The molecule has 128 valence electrons. The van der Waals surface area contributed by atoms with E-state index in [4.69, 9.17) is 4.74 Å². The first-order chi connectivity index (χ1) is 11.6. The average molecular weight is 341 g/mol. The second kappa shape index (κ2) is 7.65. The van der Waals surface area contributed by atoms with E-state index in [-0.39, 0.29) is 0 Å². The molecule has 2 aromatic rings. The van der Waals surface area contributed by atoms with Crippen molar-refractivity contribution in [2.75, 3.05) is 12.4 Å². The van der Waals surface area contributed by atoms with Crippen LogP contribution in [0.5, 0.6) is 5.75 Å². The number of hydrogen-bond donors (Lipinski definition) is 0. The Hall–Kier alpha value is -1.41. The smallest absolute Gasteiger partial charge is 0.122 e. The summed E-state index contributed by atoms with van der Waals surface area (Å²) in [6, 6.07) is 17.1. The minimum atomic E-state index is 0.598. The number of benzene rings is 2. The van der Waals surface area contributed by atoms with E-state index >= 15 is 0 Å². The van der Waals surface area contributed by atoms with Crippen LogP contribution < -0.4 is 4.74 Å². The highest BCUT2D eigenvalue weighted by atomic mass is 32.2. The molecule has 0 saturated carbocycles. The van der Waals surface area contributed by atoms with Gasteiger partial charge in [0.2, 0.25) is 0 Å². The van der Waals surface area contributed by atoms with Crippen LogP contribution in [0.1, 0.15) is 50.7 Å². The lowest BCUT2D eigenvalue weighted by Crippen LogP contribution is -2.07.